The quantitative estimate of drug-likeness (QED) is 0.763. The van der Waals surface area contributed by atoms with Crippen LogP contribution in [0.4, 0.5) is 0 Å². The number of carbonyl (C=O) groups is 2. The van der Waals surface area contributed by atoms with Gasteiger partial charge in [0.1, 0.15) is 0 Å². The van der Waals surface area contributed by atoms with Crippen LogP contribution in [0.1, 0.15) is 10.4 Å². The Kier molecular flexibility index (Phi) is 5.23. The number of likely N-dealkylation sites (N-methyl/N-ethyl adjacent to an activating group) is 2. The Hall–Kier alpha value is -1.93. The first-order valence-electron chi connectivity index (χ1n) is 5.68. The van der Waals surface area contributed by atoms with Gasteiger partial charge in [-0.15, -0.1) is 0 Å². The number of nitrogens with one attached hydrogen (secondary N) is 1. The number of amides is 1. The molecule has 0 heterocycles. The van der Waals surface area contributed by atoms with Crippen LogP contribution in [0.2, 0.25) is 0 Å². The molecule has 1 aromatic rings. The number of sulfonamides is 1. The van der Waals surface area contributed by atoms with E-state index in [-0.39, 0.29) is 17.0 Å². The van der Waals surface area contributed by atoms with Gasteiger partial charge in [-0.1, -0.05) is 12.1 Å². The molecule has 0 unspecified atom stereocenters. The lowest BCUT2D eigenvalue weighted by molar-refractivity contribution is -0.120. The summed E-state index contributed by atoms with van der Waals surface area (Å²) in [4.78, 5) is 22.7. The van der Waals surface area contributed by atoms with Crippen molar-refractivity contribution in [2.24, 2.45) is 0 Å². The average Bonchev–Trinajstić information content (AvgIpc) is 2.46. The average molecular weight is 300 g/mol. The third-order valence-electron chi connectivity index (χ3n) is 2.63. The normalized spacial score (nSPS) is 11.2. The predicted molar refractivity (Wildman–Crippen MR) is 71.7 cm³/mol. The molecule has 0 aliphatic heterocycles. The summed E-state index contributed by atoms with van der Waals surface area (Å²) in [6, 6.07) is 5.67. The lowest BCUT2D eigenvalue weighted by Crippen LogP contribution is -2.37. The second-order valence-electron chi connectivity index (χ2n) is 3.92. The lowest BCUT2D eigenvalue weighted by Gasteiger charge is -2.17. The second kappa shape index (κ2) is 6.49. The number of rotatable bonds is 5. The van der Waals surface area contributed by atoms with Gasteiger partial charge in [-0.2, -0.15) is 4.31 Å². The van der Waals surface area contributed by atoms with E-state index in [1.54, 1.807) is 0 Å². The fourth-order valence-electron chi connectivity index (χ4n) is 1.50. The highest BCUT2D eigenvalue weighted by atomic mass is 32.2. The molecule has 0 aromatic heterocycles. The van der Waals surface area contributed by atoms with Crippen LogP contribution in [-0.4, -0.2) is 52.3 Å². The van der Waals surface area contributed by atoms with Crippen LogP contribution in [0.25, 0.3) is 0 Å². The maximum absolute atomic E-state index is 12.4. The van der Waals surface area contributed by atoms with Crippen molar-refractivity contribution in [1.82, 2.24) is 9.62 Å². The first kappa shape index (κ1) is 16.1. The largest absolute Gasteiger partial charge is 0.465 e. The molecule has 0 saturated heterocycles. The van der Waals surface area contributed by atoms with E-state index >= 15 is 0 Å². The lowest BCUT2D eigenvalue weighted by atomic mass is 10.2. The predicted octanol–water partition coefficient (Wildman–Crippen LogP) is -0.160. The van der Waals surface area contributed by atoms with Crippen LogP contribution < -0.4 is 5.32 Å². The van der Waals surface area contributed by atoms with Gasteiger partial charge in [-0.25, -0.2) is 13.2 Å². The van der Waals surface area contributed by atoms with Gasteiger partial charge >= 0.3 is 5.97 Å². The number of esters is 1. The van der Waals surface area contributed by atoms with E-state index in [4.69, 9.17) is 0 Å². The van der Waals surface area contributed by atoms with Crippen molar-refractivity contribution in [1.29, 1.82) is 0 Å². The maximum Gasteiger partial charge on any atom is 0.339 e. The van der Waals surface area contributed by atoms with Gasteiger partial charge in [0, 0.05) is 14.1 Å². The SMILES string of the molecule is CNC(=O)CN(C)S(=O)(=O)c1ccccc1C(=O)OC. The van der Waals surface area contributed by atoms with Gasteiger partial charge in [0.2, 0.25) is 15.9 Å². The van der Waals surface area contributed by atoms with Gasteiger partial charge in [-0.3, -0.25) is 4.79 Å². The minimum Gasteiger partial charge on any atom is -0.465 e. The Morgan fingerprint density at radius 2 is 1.90 bits per heavy atom. The molecule has 0 radical (unpaired) electrons. The molecular weight excluding hydrogens is 284 g/mol. The zero-order valence-corrected chi connectivity index (χ0v) is 12.2. The molecule has 0 aliphatic carbocycles. The molecule has 1 amide bonds. The van der Waals surface area contributed by atoms with E-state index in [2.05, 4.69) is 10.1 Å². The maximum atomic E-state index is 12.4. The molecule has 1 aromatic carbocycles. The van der Waals surface area contributed by atoms with Crippen LogP contribution in [0.15, 0.2) is 29.2 Å². The highest BCUT2D eigenvalue weighted by molar-refractivity contribution is 7.89. The highest BCUT2D eigenvalue weighted by Gasteiger charge is 2.27. The number of hydrogen-bond donors (Lipinski definition) is 1. The smallest absolute Gasteiger partial charge is 0.339 e. The number of benzene rings is 1. The summed E-state index contributed by atoms with van der Waals surface area (Å²) in [7, 11) is -0.121. The molecule has 110 valence electrons. The van der Waals surface area contributed by atoms with Gasteiger partial charge in [0.05, 0.1) is 24.1 Å². The molecule has 0 atom stereocenters. The van der Waals surface area contributed by atoms with Crippen LogP contribution in [0.3, 0.4) is 0 Å². The number of hydrogen-bond acceptors (Lipinski definition) is 5. The zero-order valence-electron chi connectivity index (χ0n) is 11.4. The Balaban J connectivity index is 3.22. The Labute approximate surface area is 117 Å². The topological polar surface area (TPSA) is 92.8 Å². The van der Waals surface area contributed by atoms with Crippen LogP contribution in [0, 0.1) is 0 Å². The van der Waals surface area contributed by atoms with E-state index in [0.717, 1.165) is 4.31 Å². The molecule has 1 rings (SSSR count). The molecule has 0 bridgehead atoms. The number of carbonyl (C=O) groups excluding carboxylic acids is 2. The van der Waals surface area contributed by atoms with Gasteiger partial charge < -0.3 is 10.1 Å². The fraction of sp³-hybridized carbons (Fsp3) is 0.333. The summed E-state index contributed by atoms with van der Waals surface area (Å²) in [5.74, 6) is -1.20. The Morgan fingerprint density at radius 1 is 1.30 bits per heavy atom. The molecule has 0 fully saturated rings. The van der Waals surface area contributed by atoms with Crippen molar-refractivity contribution in [2.45, 2.75) is 4.90 Å². The first-order valence-corrected chi connectivity index (χ1v) is 7.13. The van der Waals surface area contributed by atoms with E-state index in [1.807, 2.05) is 0 Å². The number of ether oxygens (including phenoxy) is 1. The van der Waals surface area contributed by atoms with Crippen LogP contribution >= 0.6 is 0 Å². The summed E-state index contributed by atoms with van der Waals surface area (Å²) >= 11 is 0. The number of nitrogens with zero attached hydrogens (tertiary/aromatic N) is 1. The van der Waals surface area contributed by atoms with Gasteiger partial charge in [-0.05, 0) is 12.1 Å². The minimum atomic E-state index is -3.96. The van der Waals surface area contributed by atoms with Crippen molar-refractivity contribution < 1.29 is 22.7 Å². The van der Waals surface area contributed by atoms with E-state index in [1.165, 1.54) is 45.5 Å². The summed E-state index contributed by atoms with van der Waals surface area (Å²) in [6.45, 7) is -0.339. The van der Waals surface area contributed by atoms with E-state index in [9.17, 15) is 18.0 Å². The first-order chi connectivity index (χ1) is 9.34. The number of methoxy groups -OCH3 is 1. The summed E-state index contributed by atoms with van der Waals surface area (Å²) in [5, 5.41) is 2.33. The molecule has 8 heteroatoms. The van der Waals surface area contributed by atoms with Crippen molar-refractivity contribution in [3.05, 3.63) is 29.8 Å². The van der Waals surface area contributed by atoms with Crippen LogP contribution in [0.5, 0.6) is 0 Å². The molecular formula is C12H16N2O5S. The minimum absolute atomic E-state index is 0.0706. The third kappa shape index (κ3) is 3.34. The van der Waals surface area contributed by atoms with Crippen molar-refractivity contribution in [3.8, 4) is 0 Å². The summed E-state index contributed by atoms with van der Waals surface area (Å²) in [6.07, 6.45) is 0. The van der Waals surface area contributed by atoms with E-state index < -0.39 is 21.9 Å². The molecule has 0 spiro atoms. The zero-order chi connectivity index (χ0) is 15.3. The van der Waals surface area contributed by atoms with Crippen molar-refractivity contribution in [2.75, 3.05) is 27.7 Å². The van der Waals surface area contributed by atoms with Crippen LogP contribution in [-0.2, 0) is 19.6 Å². The molecule has 20 heavy (non-hydrogen) atoms. The fourth-order valence-corrected chi connectivity index (χ4v) is 2.81. The molecule has 1 N–H and O–H groups in total. The molecule has 0 saturated carbocycles. The highest BCUT2D eigenvalue weighted by Crippen LogP contribution is 2.19. The monoisotopic (exact) mass is 300 g/mol. The van der Waals surface area contributed by atoms with E-state index in [0.29, 0.717) is 0 Å². The Morgan fingerprint density at radius 3 is 2.45 bits per heavy atom. The standard InChI is InChI=1S/C12H16N2O5S/c1-13-11(15)8-14(2)20(17,18)10-7-5-4-6-9(10)12(16)19-3/h4-7H,8H2,1-3H3,(H,13,15). The third-order valence-corrected chi connectivity index (χ3v) is 4.49. The summed E-state index contributed by atoms with van der Waals surface area (Å²) < 4.78 is 30.1. The van der Waals surface area contributed by atoms with Crippen molar-refractivity contribution >= 4 is 21.9 Å². The molecule has 0 aliphatic rings. The second-order valence-corrected chi connectivity index (χ2v) is 5.94. The van der Waals surface area contributed by atoms with Crippen molar-refractivity contribution in [3.63, 3.8) is 0 Å². The van der Waals surface area contributed by atoms with Gasteiger partial charge in [0.25, 0.3) is 0 Å². The Bertz CT molecular complexity index is 612. The molecule has 7 nitrogen and oxygen atoms in total. The summed E-state index contributed by atoms with van der Waals surface area (Å²) in [5.41, 5.74) is -0.0706. The van der Waals surface area contributed by atoms with Gasteiger partial charge in [0.15, 0.2) is 0 Å².